The number of carbonyl (C=O) groups excluding carboxylic acids is 2. The van der Waals surface area contributed by atoms with E-state index < -0.39 is 23.7 Å². The quantitative estimate of drug-likeness (QED) is 0.533. The number of ether oxygens (including phenoxy) is 1. The van der Waals surface area contributed by atoms with Crippen LogP contribution >= 0.6 is 0 Å². The minimum absolute atomic E-state index is 0.0525. The van der Waals surface area contributed by atoms with Crippen molar-refractivity contribution in [1.82, 2.24) is 5.32 Å². The van der Waals surface area contributed by atoms with Gasteiger partial charge in [0.15, 0.2) is 0 Å². The second-order valence-corrected chi connectivity index (χ2v) is 8.99. The molecule has 0 heterocycles. The largest absolute Gasteiger partial charge is 0.490 e. The molecular weight excluding hydrogens is 433 g/mol. The van der Waals surface area contributed by atoms with Gasteiger partial charge in [0.1, 0.15) is 11.9 Å². The Morgan fingerprint density at radius 3 is 2.21 bits per heavy atom. The Morgan fingerprint density at radius 1 is 1.00 bits per heavy atom. The first-order valence-corrected chi connectivity index (χ1v) is 11.1. The molecule has 1 fully saturated rings. The maximum absolute atomic E-state index is 12.6. The van der Waals surface area contributed by atoms with E-state index in [0.717, 1.165) is 37.1 Å². The highest BCUT2D eigenvalue weighted by atomic mass is 19.4. The van der Waals surface area contributed by atoms with Crippen molar-refractivity contribution in [3.8, 4) is 5.75 Å². The number of urea groups is 1. The average Bonchev–Trinajstić information content (AvgIpc) is 2.74. The third-order valence-corrected chi connectivity index (χ3v) is 6.06. The van der Waals surface area contributed by atoms with Gasteiger partial charge in [-0.15, -0.1) is 0 Å². The summed E-state index contributed by atoms with van der Waals surface area (Å²) in [4.78, 5) is 24.2. The smallest absolute Gasteiger partial charge is 0.416 e. The molecule has 33 heavy (non-hydrogen) atoms. The number of hydrogen-bond donors (Lipinski definition) is 2. The molecule has 1 aliphatic rings. The van der Waals surface area contributed by atoms with Crippen molar-refractivity contribution in [2.75, 3.05) is 5.32 Å². The molecule has 1 saturated carbocycles. The molecule has 0 bridgehead atoms. The number of carbonyl (C=O) groups is 2. The number of hydrogen-bond acceptors (Lipinski definition) is 3. The molecule has 0 radical (unpaired) electrons. The molecule has 2 aromatic rings. The van der Waals surface area contributed by atoms with E-state index in [4.69, 9.17) is 4.74 Å². The third kappa shape index (κ3) is 6.73. The van der Waals surface area contributed by atoms with Gasteiger partial charge >= 0.3 is 12.2 Å². The Balaban J connectivity index is 1.55. The third-order valence-electron chi connectivity index (χ3n) is 6.06. The predicted octanol–water partition coefficient (Wildman–Crippen LogP) is 6.51. The monoisotopic (exact) mass is 462 g/mol. The lowest BCUT2D eigenvalue weighted by atomic mass is 9.75. The van der Waals surface area contributed by atoms with Crippen molar-refractivity contribution in [1.29, 1.82) is 0 Å². The summed E-state index contributed by atoms with van der Waals surface area (Å²) in [5, 5.41) is 4.64. The van der Waals surface area contributed by atoms with Gasteiger partial charge in [-0.25, -0.2) is 4.79 Å². The van der Waals surface area contributed by atoms with E-state index >= 15 is 0 Å². The molecule has 2 aromatic carbocycles. The topological polar surface area (TPSA) is 67.4 Å². The van der Waals surface area contributed by atoms with Gasteiger partial charge in [-0.3, -0.25) is 10.1 Å². The summed E-state index contributed by atoms with van der Waals surface area (Å²) in [6.45, 7) is 6.67. The summed E-state index contributed by atoms with van der Waals surface area (Å²) in [7, 11) is 0. The molecule has 3 atom stereocenters. The molecule has 3 amide bonds. The molecule has 0 spiro atoms. The van der Waals surface area contributed by atoms with E-state index in [9.17, 15) is 22.8 Å². The molecule has 178 valence electrons. The van der Waals surface area contributed by atoms with Gasteiger partial charge in [-0.1, -0.05) is 27.2 Å². The predicted molar refractivity (Wildman–Crippen MR) is 120 cm³/mol. The van der Waals surface area contributed by atoms with E-state index in [2.05, 4.69) is 31.4 Å². The van der Waals surface area contributed by atoms with Crippen LogP contribution in [0.2, 0.25) is 0 Å². The van der Waals surface area contributed by atoms with Crippen molar-refractivity contribution in [2.24, 2.45) is 17.8 Å². The summed E-state index contributed by atoms with van der Waals surface area (Å²) in [5.41, 5.74) is -0.464. The minimum Gasteiger partial charge on any atom is -0.490 e. The van der Waals surface area contributed by atoms with Crippen LogP contribution in [0.3, 0.4) is 0 Å². The first kappa shape index (κ1) is 24.6. The fourth-order valence-corrected chi connectivity index (χ4v) is 4.19. The Bertz CT molecular complexity index is 956. The zero-order valence-corrected chi connectivity index (χ0v) is 18.9. The highest BCUT2D eigenvalue weighted by Gasteiger charge is 2.32. The van der Waals surface area contributed by atoms with E-state index in [1.54, 1.807) is 24.3 Å². The number of nitrogens with one attached hydrogen (secondary N) is 2. The van der Waals surface area contributed by atoms with Gasteiger partial charge in [0.2, 0.25) is 0 Å². The first-order valence-electron chi connectivity index (χ1n) is 11.1. The molecule has 3 unspecified atom stereocenters. The highest BCUT2D eigenvalue weighted by molar-refractivity contribution is 6.07. The molecule has 3 rings (SSSR count). The Morgan fingerprint density at radius 2 is 1.64 bits per heavy atom. The highest BCUT2D eigenvalue weighted by Crippen LogP contribution is 2.36. The fourth-order valence-electron chi connectivity index (χ4n) is 4.19. The number of amides is 3. The number of imide groups is 1. The number of anilines is 1. The van der Waals surface area contributed by atoms with Crippen LogP contribution in [-0.2, 0) is 6.18 Å². The first-order chi connectivity index (χ1) is 15.5. The van der Waals surface area contributed by atoms with Gasteiger partial charge in [-0.05, 0) is 79.1 Å². The van der Waals surface area contributed by atoms with E-state index in [0.29, 0.717) is 29.2 Å². The molecule has 0 saturated heterocycles. The van der Waals surface area contributed by atoms with Crippen molar-refractivity contribution < 1.29 is 27.5 Å². The van der Waals surface area contributed by atoms with Crippen LogP contribution < -0.4 is 15.4 Å². The number of benzene rings is 2. The normalized spacial score (nSPS) is 20.9. The van der Waals surface area contributed by atoms with Crippen LogP contribution in [0.5, 0.6) is 5.75 Å². The van der Waals surface area contributed by atoms with Crippen molar-refractivity contribution in [2.45, 2.75) is 52.3 Å². The molecular formula is C25H29F3N2O3. The Labute approximate surface area is 191 Å². The Kier molecular flexibility index (Phi) is 7.66. The van der Waals surface area contributed by atoms with Gasteiger partial charge in [0.05, 0.1) is 5.56 Å². The maximum Gasteiger partial charge on any atom is 0.416 e. The van der Waals surface area contributed by atoms with Crippen LogP contribution in [0, 0.1) is 17.8 Å². The van der Waals surface area contributed by atoms with Gasteiger partial charge in [-0.2, -0.15) is 13.2 Å². The molecule has 0 aliphatic heterocycles. The Hall–Kier alpha value is -3.03. The van der Waals surface area contributed by atoms with E-state index in [1.165, 1.54) is 6.42 Å². The van der Waals surface area contributed by atoms with Crippen LogP contribution in [0.1, 0.15) is 56.0 Å². The van der Waals surface area contributed by atoms with E-state index in [1.807, 2.05) is 0 Å². The molecule has 0 aromatic heterocycles. The van der Waals surface area contributed by atoms with Crippen molar-refractivity contribution >= 4 is 17.6 Å². The van der Waals surface area contributed by atoms with Gasteiger partial charge in [0, 0.05) is 11.3 Å². The van der Waals surface area contributed by atoms with Crippen LogP contribution in [-0.4, -0.2) is 18.0 Å². The standard InChI is InChI=1S/C25H29F3N2O3/c1-15(2)21-13-4-16(3)14-22(21)33-20-11-9-19(10-12-20)29-24(32)30-23(31)17-5-7-18(8-6-17)25(26,27)28/h5-12,15-16,21-22H,4,13-14H2,1-3H3,(H2,29,30,31,32). The van der Waals surface area contributed by atoms with Gasteiger partial charge in [0.25, 0.3) is 5.91 Å². The van der Waals surface area contributed by atoms with Crippen LogP contribution in [0.25, 0.3) is 0 Å². The lowest BCUT2D eigenvalue weighted by Crippen LogP contribution is -2.36. The SMILES string of the molecule is CC1CCC(C(C)C)C(Oc2ccc(NC(=O)NC(=O)c3ccc(C(F)(F)F)cc3)cc2)C1. The zero-order valence-electron chi connectivity index (χ0n) is 18.9. The molecule has 1 aliphatic carbocycles. The lowest BCUT2D eigenvalue weighted by molar-refractivity contribution is -0.137. The fraction of sp³-hybridized carbons (Fsp3) is 0.440. The minimum atomic E-state index is -4.49. The summed E-state index contributed by atoms with van der Waals surface area (Å²) in [6.07, 6.45) is -0.968. The number of alkyl halides is 3. The van der Waals surface area contributed by atoms with Crippen LogP contribution in [0.15, 0.2) is 48.5 Å². The number of halogens is 3. The van der Waals surface area contributed by atoms with Crippen LogP contribution in [0.4, 0.5) is 23.7 Å². The summed E-state index contributed by atoms with van der Waals surface area (Å²) < 4.78 is 44.1. The maximum atomic E-state index is 12.6. The van der Waals surface area contributed by atoms with Crippen molar-refractivity contribution in [3.63, 3.8) is 0 Å². The second-order valence-electron chi connectivity index (χ2n) is 8.99. The average molecular weight is 463 g/mol. The van der Waals surface area contributed by atoms with E-state index in [-0.39, 0.29) is 11.7 Å². The second kappa shape index (κ2) is 10.3. The summed E-state index contributed by atoms with van der Waals surface area (Å²) >= 11 is 0. The molecule has 8 heteroatoms. The lowest BCUT2D eigenvalue weighted by Gasteiger charge is -2.37. The summed E-state index contributed by atoms with van der Waals surface area (Å²) in [5.74, 6) is 1.58. The number of rotatable bonds is 5. The van der Waals surface area contributed by atoms with Gasteiger partial charge < -0.3 is 10.1 Å². The molecule has 2 N–H and O–H groups in total. The van der Waals surface area contributed by atoms with Crippen molar-refractivity contribution in [3.05, 3.63) is 59.7 Å². The zero-order chi connectivity index (χ0) is 24.2. The summed E-state index contributed by atoms with van der Waals surface area (Å²) in [6, 6.07) is 9.73. The molecule has 5 nitrogen and oxygen atoms in total.